The van der Waals surface area contributed by atoms with Gasteiger partial charge in [-0.05, 0) is 44.2 Å². The third-order valence-electron chi connectivity index (χ3n) is 3.78. The second-order valence-electron chi connectivity index (χ2n) is 5.92. The monoisotopic (exact) mass is 263 g/mol. The maximum Gasteiger partial charge on any atom is 0.122 e. The van der Waals surface area contributed by atoms with Gasteiger partial charge in [0.15, 0.2) is 0 Å². The van der Waals surface area contributed by atoms with Gasteiger partial charge < -0.3 is 15.2 Å². The predicted octanol–water partition coefficient (Wildman–Crippen LogP) is 2.43. The Hall–Kier alpha value is -1.06. The van der Waals surface area contributed by atoms with E-state index in [9.17, 15) is 5.11 Å². The number of aliphatic hydroxyl groups excluding tert-OH is 1. The van der Waals surface area contributed by atoms with Crippen LogP contribution in [0.4, 0.5) is 0 Å². The first kappa shape index (κ1) is 14.4. The van der Waals surface area contributed by atoms with E-state index in [0.29, 0.717) is 19.2 Å². The summed E-state index contributed by atoms with van der Waals surface area (Å²) in [7, 11) is 0. The Kier molecular flexibility index (Phi) is 4.83. The van der Waals surface area contributed by atoms with Crippen molar-refractivity contribution < 1.29 is 9.84 Å². The highest BCUT2D eigenvalue weighted by Crippen LogP contribution is 2.26. The first-order valence-corrected chi connectivity index (χ1v) is 7.16. The molecule has 106 valence electrons. The molecule has 0 aromatic heterocycles. The van der Waals surface area contributed by atoms with E-state index in [0.717, 1.165) is 17.2 Å². The van der Waals surface area contributed by atoms with Crippen molar-refractivity contribution in [2.45, 2.75) is 45.8 Å². The molecule has 1 aliphatic carbocycles. The molecule has 3 nitrogen and oxygen atoms in total. The summed E-state index contributed by atoms with van der Waals surface area (Å²) in [6.45, 7) is 7.32. The number of hydrogen-bond acceptors (Lipinski definition) is 3. The molecule has 1 saturated carbocycles. The summed E-state index contributed by atoms with van der Waals surface area (Å²) < 4.78 is 5.67. The van der Waals surface area contributed by atoms with Gasteiger partial charge in [-0.15, -0.1) is 0 Å². The summed E-state index contributed by atoms with van der Waals surface area (Å²) in [6, 6.07) is 6.68. The van der Waals surface area contributed by atoms with E-state index in [2.05, 4.69) is 25.2 Å². The molecule has 0 heterocycles. The van der Waals surface area contributed by atoms with Crippen LogP contribution in [0.3, 0.4) is 0 Å². The number of rotatable bonds is 6. The maximum atomic E-state index is 9.90. The van der Waals surface area contributed by atoms with Crippen molar-refractivity contribution in [3.8, 4) is 5.75 Å². The van der Waals surface area contributed by atoms with Crippen LogP contribution in [0, 0.1) is 19.8 Å². The zero-order valence-corrected chi connectivity index (χ0v) is 12.1. The molecule has 0 amide bonds. The number of aliphatic hydroxyl groups is 1. The fourth-order valence-electron chi connectivity index (χ4n) is 2.58. The van der Waals surface area contributed by atoms with Gasteiger partial charge in [0.1, 0.15) is 18.5 Å². The highest BCUT2D eigenvalue weighted by molar-refractivity contribution is 5.35. The normalized spacial score (nSPS) is 23.8. The number of benzene rings is 1. The Balaban J connectivity index is 1.69. The number of hydrogen-bond donors (Lipinski definition) is 2. The lowest BCUT2D eigenvalue weighted by Gasteiger charge is -2.34. The first-order valence-electron chi connectivity index (χ1n) is 7.16. The summed E-state index contributed by atoms with van der Waals surface area (Å²) in [5, 5.41) is 13.3. The zero-order chi connectivity index (χ0) is 13.8. The van der Waals surface area contributed by atoms with Gasteiger partial charge in [0, 0.05) is 12.6 Å². The average molecular weight is 263 g/mol. The van der Waals surface area contributed by atoms with Crippen LogP contribution in [-0.4, -0.2) is 30.4 Å². The van der Waals surface area contributed by atoms with Gasteiger partial charge in [-0.3, -0.25) is 0 Å². The Bertz CT molecular complexity index is 413. The third kappa shape index (κ3) is 4.22. The van der Waals surface area contributed by atoms with E-state index in [4.69, 9.17) is 4.74 Å². The topological polar surface area (TPSA) is 41.5 Å². The van der Waals surface area contributed by atoms with Crippen LogP contribution in [0.1, 0.15) is 30.9 Å². The molecule has 1 fully saturated rings. The van der Waals surface area contributed by atoms with E-state index < -0.39 is 6.10 Å². The standard InChI is InChI=1S/C16H25NO2/c1-11-4-5-16(13(3)6-11)19-10-15(18)9-17-14-7-12(2)8-14/h4-6,12,14-15,17-18H,7-10H2,1-3H3. The first-order chi connectivity index (χ1) is 9.04. The highest BCUT2D eigenvalue weighted by atomic mass is 16.5. The molecule has 19 heavy (non-hydrogen) atoms. The van der Waals surface area contributed by atoms with Crippen molar-refractivity contribution in [2.75, 3.05) is 13.2 Å². The summed E-state index contributed by atoms with van der Waals surface area (Å²) in [4.78, 5) is 0. The quantitative estimate of drug-likeness (QED) is 0.828. The molecular formula is C16H25NO2. The molecule has 3 heteroatoms. The summed E-state index contributed by atoms with van der Waals surface area (Å²) in [5.41, 5.74) is 2.35. The Morgan fingerprint density at radius 3 is 2.74 bits per heavy atom. The largest absolute Gasteiger partial charge is 0.491 e. The van der Waals surface area contributed by atoms with Crippen LogP contribution >= 0.6 is 0 Å². The number of nitrogens with one attached hydrogen (secondary N) is 1. The van der Waals surface area contributed by atoms with E-state index >= 15 is 0 Å². The molecule has 0 bridgehead atoms. The van der Waals surface area contributed by atoms with Crippen LogP contribution in [0.15, 0.2) is 18.2 Å². The molecule has 0 spiro atoms. The second kappa shape index (κ2) is 6.40. The summed E-state index contributed by atoms with van der Waals surface area (Å²) in [6.07, 6.45) is 2.01. The molecule has 0 aliphatic heterocycles. The molecule has 1 aromatic rings. The smallest absolute Gasteiger partial charge is 0.122 e. The molecule has 1 aliphatic rings. The van der Waals surface area contributed by atoms with Gasteiger partial charge >= 0.3 is 0 Å². The minimum atomic E-state index is -0.448. The van der Waals surface area contributed by atoms with Gasteiger partial charge in [-0.25, -0.2) is 0 Å². The van der Waals surface area contributed by atoms with Crippen molar-refractivity contribution in [3.63, 3.8) is 0 Å². The molecule has 2 rings (SSSR count). The number of ether oxygens (including phenoxy) is 1. The van der Waals surface area contributed by atoms with Crippen molar-refractivity contribution in [3.05, 3.63) is 29.3 Å². The minimum Gasteiger partial charge on any atom is -0.491 e. The van der Waals surface area contributed by atoms with E-state index in [1.54, 1.807) is 0 Å². The zero-order valence-electron chi connectivity index (χ0n) is 12.1. The van der Waals surface area contributed by atoms with Crippen molar-refractivity contribution >= 4 is 0 Å². The van der Waals surface area contributed by atoms with Crippen molar-refractivity contribution in [2.24, 2.45) is 5.92 Å². The van der Waals surface area contributed by atoms with Crippen molar-refractivity contribution in [1.29, 1.82) is 0 Å². The van der Waals surface area contributed by atoms with Gasteiger partial charge in [0.2, 0.25) is 0 Å². The lowest BCUT2D eigenvalue weighted by molar-refractivity contribution is 0.0952. The van der Waals surface area contributed by atoms with Gasteiger partial charge in [-0.1, -0.05) is 24.6 Å². The van der Waals surface area contributed by atoms with Gasteiger partial charge in [0.25, 0.3) is 0 Å². The summed E-state index contributed by atoms with van der Waals surface area (Å²) >= 11 is 0. The Morgan fingerprint density at radius 2 is 2.11 bits per heavy atom. The Labute approximate surface area is 116 Å². The van der Waals surface area contributed by atoms with E-state index in [-0.39, 0.29) is 0 Å². The maximum absolute atomic E-state index is 9.90. The molecule has 1 atom stereocenters. The van der Waals surface area contributed by atoms with Crippen molar-refractivity contribution in [1.82, 2.24) is 5.32 Å². The SMILES string of the molecule is Cc1ccc(OCC(O)CNC2CC(C)C2)c(C)c1. The molecule has 1 unspecified atom stereocenters. The average Bonchev–Trinajstić information content (AvgIpc) is 2.32. The lowest BCUT2D eigenvalue weighted by atomic mass is 9.82. The molecular weight excluding hydrogens is 238 g/mol. The molecule has 1 aromatic carbocycles. The second-order valence-corrected chi connectivity index (χ2v) is 5.92. The molecule has 2 N–H and O–H groups in total. The van der Waals surface area contributed by atoms with Crippen LogP contribution in [-0.2, 0) is 0 Å². The van der Waals surface area contributed by atoms with E-state index in [1.165, 1.54) is 18.4 Å². The molecule has 0 radical (unpaired) electrons. The molecule has 0 saturated heterocycles. The van der Waals surface area contributed by atoms with Gasteiger partial charge in [0.05, 0.1) is 0 Å². The van der Waals surface area contributed by atoms with E-state index in [1.807, 2.05) is 19.1 Å². The van der Waals surface area contributed by atoms with Crippen LogP contribution in [0.2, 0.25) is 0 Å². The summed E-state index contributed by atoms with van der Waals surface area (Å²) in [5.74, 6) is 1.70. The fourth-order valence-corrected chi connectivity index (χ4v) is 2.58. The third-order valence-corrected chi connectivity index (χ3v) is 3.78. The highest BCUT2D eigenvalue weighted by Gasteiger charge is 2.25. The number of aryl methyl sites for hydroxylation is 2. The Morgan fingerprint density at radius 1 is 1.37 bits per heavy atom. The minimum absolute atomic E-state index is 0.346. The van der Waals surface area contributed by atoms with Crippen LogP contribution in [0.5, 0.6) is 5.75 Å². The van der Waals surface area contributed by atoms with Gasteiger partial charge in [-0.2, -0.15) is 0 Å². The van der Waals surface area contributed by atoms with Crippen LogP contribution in [0.25, 0.3) is 0 Å². The predicted molar refractivity (Wildman–Crippen MR) is 77.6 cm³/mol. The van der Waals surface area contributed by atoms with Crippen LogP contribution < -0.4 is 10.1 Å². The fraction of sp³-hybridized carbons (Fsp3) is 0.625. The lowest BCUT2D eigenvalue weighted by Crippen LogP contribution is -2.44.